The van der Waals surface area contributed by atoms with Crippen molar-refractivity contribution >= 4 is 27.8 Å². The molecule has 122 valence electrons. The maximum absolute atomic E-state index is 13.1. The lowest BCUT2D eigenvalue weighted by Crippen LogP contribution is -2.27. The van der Waals surface area contributed by atoms with Crippen molar-refractivity contribution in [3.05, 3.63) is 39.9 Å². The maximum Gasteiger partial charge on any atom is 0.259 e. The lowest BCUT2D eigenvalue weighted by Gasteiger charge is -2.19. The normalized spacial score (nSPS) is 15.6. The Morgan fingerprint density at radius 2 is 2.17 bits per heavy atom. The molecule has 0 unspecified atom stereocenters. The summed E-state index contributed by atoms with van der Waals surface area (Å²) in [5.41, 5.74) is 0.345. The van der Waals surface area contributed by atoms with E-state index >= 15 is 0 Å². The molecular weight excluding hydrogens is 365 g/mol. The third-order valence-electron chi connectivity index (χ3n) is 3.88. The van der Waals surface area contributed by atoms with Crippen LogP contribution >= 0.6 is 15.9 Å². The molecule has 0 radical (unpaired) electrons. The van der Waals surface area contributed by atoms with Gasteiger partial charge < -0.3 is 5.32 Å². The first-order chi connectivity index (χ1) is 11.0. The number of carbonyl (C=O) groups is 1. The summed E-state index contributed by atoms with van der Waals surface area (Å²) in [5, 5.41) is 10.4. The minimum absolute atomic E-state index is 0.311. The molecule has 0 saturated carbocycles. The van der Waals surface area contributed by atoms with Crippen LogP contribution in [0.4, 0.5) is 10.3 Å². The van der Waals surface area contributed by atoms with Crippen molar-refractivity contribution in [2.75, 3.05) is 18.4 Å². The number of aryl methyl sites for hydroxylation is 1. The Morgan fingerprint density at radius 1 is 1.43 bits per heavy atom. The van der Waals surface area contributed by atoms with E-state index in [4.69, 9.17) is 0 Å². The van der Waals surface area contributed by atoms with Crippen LogP contribution in [0.1, 0.15) is 34.9 Å². The second kappa shape index (κ2) is 6.76. The van der Waals surface area contributed by atoms with E-state index in [0.717, 1.165) is 31.8 Å². The van der Waals surface area contributed by atoms with Crippen LogP contribution in [0, 0.1) is 5.82 Å². The molecule has 8 heteroatoms. The fourth-order valence-electron chi connectivity index (χ4n) is 2.61. The van der Waals surface area contributed by atoms with Gasteiger partial charge in [0.25, 0.3) is 5.91 Å². The Bertz CT molecular complexity index is 727. The monoisotopic (exact) mass is 381 g/mol. The molecule has 0 spiro atoms. The molecule has 0 aliphatic carbocycles. The van der Waals surface area contributed by atoms with Gasteiger partial charge in [-0.05, 0) is 60.1 Å². The lowest BCUT2D eigenvalue weighted by molar-refractivity contribution is 0.102. The van der Waals surface area contributed by atoms with Crippen molar-refractivity contribution in [1.29, 1.82) is 0 Å². The van der Waals surface area contributed by atoms with Crippen molar-refractivity contribution in [3.63, 3.8) is 0 Å². The molecule has 2 N–H and O–H groups in total. The number of hydrogen-bond donors (Lipinski definition) is 2. The predicted molar refractivity (Wildman–Crippen MR) is 87.9 cm³/mol. The molecule has 6 nitrogen and oxygen atoms in total. The molecule has 1 aliphatic heterocycles. The van der Waals surface area contributed by atoms with E-state index in [1.807, 2.05) is 0 Å². The quantitative estimate of drug-likeness (QED) is 0.856. The SMILES string of the molecule is Cn1nc(C2CCNCC2)nc1NC(=O)c1ccc(F)cc1Br. The Morgan fingerprint density at radius 3 is 2.87 bits per heavy atom. The summed E-state index contributed by atoms with van der Waals surface area (Å²) in [6.07, 6.45) is 1.97. The summed E-state index contributed by atoms with van der Waals surface area (Å²) >= 11 is 3.20. The molecule has 2 aromatic rings. The van der Waals surface area contributed by atoms with E-state index < -0.39 is 5.82 Å². The highest BCUT2D eigenvalue weighted by Crippen LogP contribution is 2.24. The molecule has 2 heterocycles. The average molecular weight is 382 g/mol. The van der Waals surface area contributed by atoms with Crippen molar-refractivity contribution < 1.29 is 9.18 Å². The molecule has 0 atom stereocenters. The van der Waals surface area contributed by atoms with Gasteiger partial charge in [-0.25, -0.2) is 9.07 Å². The third-order valence-corrected chi connectivity index (χ3v) is 4.54. The van der Waals surface area contributed by atoms with Crippen LogP contribution in [0.25, 0.3) is 0 Å². The van der Waals surface area contributed by atoms with Crippen LogP contribution in [0.15, 0.2) is 22.7 Å². The number of nitrogens with one attached hydrogen (secondary N) is 2. The molecule has 23 heavy (non-hydrogen) atoms. The zero-order chi connectivity index (χ0) is 16.4. The highest BCUT2D eigenvalue weighted by Gasteiger charge is 2.22. The van der Waals surface area contributed by atoms with Gasteiger partial charge in [0.2, 0.25) is 5.95 Å². The molecule has 1 aliphatic rings. The van der Waals surface area contributed by atoms with Gasteiger partial charge in [-0.2, -0.15) is 10.1 Å². The minimum Gasteiger partial charge on any atom is -0.317 e. The Balaban J connectivity index is 1.77. The molecule has 1 fully saturated rings. The van der Waals surface area contributed by atoms with E-state index in [1.54, 1.807) is 11.7 Å². The van der Waals surface area contributed by atoms with Crippen LogP contribution in [0.5, 0.6) is 0 Å². The fraction of sp³-hybridized carbons (Fsp3) is 0.400. The number of benzene rings is 1. The van der Waals surface area contributed by atoms with Gasteiger partial charge in [0.1, 0.15) is 5.82 Å². The molecular formula is C15H17BrFN5O. The van der Waals surface area contributed by atoms with Gasteiger partial charge in [0, 0.05) is 17.4 Å². The number of anilines is 1. The third kappa shape index (κ3) is 3.59. The van der Waals surface area contributed by atoms with Gasteiger partial charge in [0.05, 0.1) is 5.56 Å². The average Bonchev–Trinajstić information content (AvgIpc) is 2.89. The molecule has 1 aromatic carbocycles. The summed E-state index contributed by atoms with van der Waals surface area (Å²) in [6.45, 7) is 1.90. The Hall–Kier alpha value is -1.80. The van der Waals surface area contributed by atoms with Crippen LogP contribution < -0.4 is 10.6 Å². The van der Waals surface area contributed by atoms with Crippen molar-refractivity contribution in [1.82, 2.24) is 20.1 Å². The van der Waals surface area contributed by atoms with E-state index in [9.17, 15) is 9.18 Å². The van der Waals surface area contributed by atoms with Gasteiger partial charge in [-0.3, -0.25) is 10.1 Å². The van der Waals surface area contributed by atoms with Gasteiger partial charge in [-0.15, -0.1) is 0 Å². The second-order valence-electron chi connectivity index (χ2n) is 5.52. The summed E-state index contributed by atoms with van der Waals surface area (Å²) in [4.78, 5) is 16.8. The molecule has 0 bridgehead atoms. The Labute approximate surface area is 141 Å². The van der Waals surface area contributed by atoms with Crippen molar-refractivity contribution in [3.8, 4) is 0 Å². The zero-order valence-corrected chi connectivity index (χ0v) is 14.2. The standard InChI is InChI=1S/C15H17BrFN5O/c1-22-15(19-13(21-22)9-4-6-18-7-5-9)20-14(23)11-3-2-10(17)8-12(11)16/h2-3,8-9,18H,4-7H2,1H3,(H,19,20,21,23). The smallest absolute Gasteiger partial charge is 0.259 e. The molecule has 1 saturated heterocycles. The van der Waals surface area contributed by atoms with Gasteiger partial charge in [0.15, 0.2) is 5.82 Å². The number of halogens is 2. The molecule has 3 rings (SSSR count). The predicted octanol–water partition coefficient (Wildman–Crippen LogP) is 2.44. The first kappa shape index (κ1) is 16.1. The highest BCUT2D eigenvalue weighted by atomic mass is 79.9. The maximum atomic E-state index is 13.1. The number of hydrogen-bond acceptors (Lipinski definition) is 4. The van der Waals surface area contributed by atoms with E-state index in [-0.39, 0.29) is 5.91 Å². The summed E-state index contributed by atoms with van der Waals surface area (Å²) in [7, 11) is 1.74. The topological polar surface area (TPSA) is 71.8 Å². The number of rotatable bonds is 3. The first-order valence-electron chi connectivity index (χ1n) is 7.42. The molecule has 1 aromatic heterocycles. The van der Waals surface area contributed by atoms with Crippen LogP contribution in [0.2, 0.25) is 0 Å². The number of amides is 1. The van der Waals surface area contributed by atoms with Crippen LogP contribution in [0.3, 0.4) is 0 Å². The number of nitrogens with zero attached hydrogens (tertiary/aromatic N) is 3. The lowest BCUT2D eigenvalue weighted by atomic mass is 9.98. The summed E-state index contributed by atoms with van der Waals surface area (Å²) < 4.78 is 15.1. The van der Waals surface area contributed by atoms with Gasteiger partial charge in [-0.1, -0.05) is 0 Å². The second-order valence-corrected chi connectivity index (χ2v) is 6.37. The van der Waals surface area contributed by atoms with Crippen molar-refractivity contribution in [2.45, 2.75) is 18.8 Å². The van der Waals surface area contributed by atoms with Crippen LogP contribution in [-0.2, 0) is 7.05 Å². The summed E-state index contributed by atoms with van der Waals surface area (Å²) in [5.74, 6) is 0.692. The largest absolute Gasteiger partial charge is 0.317 e. The summed E-state index contributed by atoms with van der Waals surface area (Å²) in [6, 6.07) is 3.93. The first-order valence-corrected chi connectivity index (χ1v) is 8.22. The Kier molecular flexibility index (Phi) is 4.72. The zero-order valence-electron chi connectivity index (χ0n) is 12.6. The fourth-order valence-corrected chi connectivity index (χ4v) is 3.14. The highest BCUT2D eigenvalue weighted by molar-refractivity contribution is 9.10. The van der Waals surface area contributed by atoms with E-state index in [0.29, 0.717) is 21.9 Å². The minimum atomic E-state index is -0.403. The molecule has 1 amide bonds. The number of aromatic nitrogens is 3. The number of carbonyl (C=O) groups excluding carboxylic acids is 1. The van der Waals surface area contributed by atoms with Crippen molar-refractivity contribution in [2.24, 2.45) is 7.05 Å². The van der Waals surface area contributed by atoms with E-state index in [1.165, 1.54) is 18.2 Å². The van der Waals surface area contributed by atoms with Gasteiger partial charge >= 0.3 is 0 Å². The number of piperidine rings is 1. The van der Waals surface area contributed by atoms with E-state index in [2.05, 4.69) is 36.6 Å². The van der Waals surface area contributed by atoms with Crippen LogP contribution in [-0.4, -0.2) is 33.8 Å².